The molecule has 0 spiro atoms. The summed E-state index contributed by atoms with van der Waals surface area (Å²) in [6, 6.07) is 11.4. The molecule has 2 N–H and O–H groups in total. The molecule has 0 aliphatic carbocycles. The average molecular weight is 371 g/mol. The first-order valence-corrected chi connectivity index (χ1v) is 8.17. The number of amides is 4. The Bertz CT molecular complexity index is 900. The topological polar surface area (TPSA) is 87.7 Å². The van der Waals surface area contributed by atoms with Crippen LogP contribution < -0.4 is 15.4 Å². The maximum absolute atomic E-state index is 13.2. The van der Waals surface area contributed by atoms with Gasteiger partial charge in [0.2, 0.25) is 5.91 Å². The third-order valence-electron chi connectivity index (χ3n) is 4.35. The van der Waals surface area contributed by atoms with Crippen molar-refractivity contribution in [1.29, 1.82) is 0 Å². The third kappa shape index (κ3) is 3.59. The van der Waals surface area contributed by atoms with Crippen molar-refractivity contribution in [1.82, 2.24) is 10.2 Å². The molecule has 1 aliphatic rings. The van der Waals surface area contributed by atoms with Gasteiger partial charge < -0.3 is 15.4 Å². The number of halogens is 1. The van der Waals surface area contributed by atoms with Crippen LogP contribution >= 0.6 is 0 Å². The summed E-state index contributed by atoms with van der Waals surface area (Å²) in [7, 11) is 1.53. The molecule has 0 bridgehead atoms. The number of nitrogens with zero attached hydrogens (tertiary/aromatic N) is 1. The van der Waals surface area contributed by atoms with Gasteiger partial charge in [0.15, 0.2) is 0 Å². The average Bonchev–Trinajstić information content (AvgIpc) is 2.86. The Kier molecular flexibility index (Phi) is 4.81. The first kappa shape index (κ1) is 18.4. The maximum Gasteiger partial charge on any atom is 0.325 e. The van der Waals surface area contributed by atoms with Crippen molar-refractivity contribution in [3.05, 3.63) is 59.9 Å². The first-order valence-electron chi connectivity index (χ1n) is 8.17. The van der Waals surface area contributed by atoms with Gasteiger partial charge in [-0.2, -0.15) is 0 Å². The van der Waals surface area contributed by atoms with Gasteiger partial charge in [-0.15, -0.1) is 0 Å². The Hall–Kier alpha value is -3.42. The number of ether oxygens (including phenoxy) is 1. The molecule has 0 aromatic heterocycles. The van der Waals surface area contributed by atoms with E-state index in [1.807, 2.05) is 0 Å². The van der Waals surface area contributed by atoms with Crippen molar-refractivity contribution >= 4 is 23.5 Å². The zero-order valence-electron chi connectivity index (χ0n) is 14.8. The molecular formula is C19H18FN3O4. The Morgan fingerprint density at radius 2 is 1.93 bits per heavy atom. The zero-order chi connectivity index (χ0) is 19.6. The van der Waals surface area contributed by atoms with Crippen LogP contribution in [0, 0.1) is 5.82 Å². The van der Waals surface area contributed by atoms with E-state index in [4.69, 9.17) is 4.74 Å². The first-order chi connectivity index (χ1) is 12.8. The molecular weight excluding hydrogens is 353 g/mol. The van der Waals surface area contributed by atoms with Gasteiger partial charge in [-0.1, -0.05) is 18.2 Å². The molecule has 140 valence electrons. The number of hydrogen-bond donors (Lipinski definition) is 2. The second-order valence-corrected chi connectivity index (χ2v) is 6.23. The number of nitrogens with one attached hydrogen (secondary N) is 2. The highest BCUT2D eigenvalue weighted by Gasteiger charge is 2.49. The van der Waals surface area contributed by atoms with E-state index in [2.05, 4.69) is 10.6 Å². The van der Waals surface area contributed by atoms with Crippen LogP contribution in [0.2, 0.25) is 0 Å². The molecule has 8 heteroatoms. The highest BCUT2D eigenvalue weighted by Crippen LogP contribution is 2.30. The van der Waals surface area contributed by atoms with Gasteiger partial charge in [0.05, 0.1) is 7.11 Å². The van der Waals surface area contributed by atoms with Gasteiger partial charge >= 0.3 is 6.03 Å². The largest absolute Gasteiger partial charge is 0.497 e. The summed E-state index contributed by atoms with van der Waals surface area (Å²) in [4.78, 5) is 38.1. The summed E-state index contributed by atoms with van der Waals surface area (Å²) in [6.45, 7) is 1.09. The Morgan fingerprint density at radius 1 is 1.22 bits per heavy atom. The summed E-state index contributed by atoms with van der Waals surface area (Å²) >= 11 is 0. The van der Waals surface area contributed by atoms with Gasteiger partial charge in [-0.3, -0.25) is 14.5 Å². The Labute approximate surface area is 155 Å². The van der Waals surface area contributed by atoms with Gasteiger partial charge in [0.1, 0.15) is 23.7 Å². The number of benzene rings is 2. The van der Waals surface area contributed by atoms with Gasteiger partial charge in [0.25, 0.3) is 5.91 Å². The molecule has 2 aromatic rings. The monoisotopic (exact) mass is 371 g/mol. The lowest BCUT2D eigenvalue weighted by Gasteiger charge is -2.22. The standard InChI is InChI=1S/C19H18FN3O4/c1-19(12-6-8-15(27-2)9-7-12)17(25)23(18(26)22-19)11-16(24)21-14-5-3-4-13(20)10-14/h3-10H,11H2,1-2H3,(H,21,24)(H,22,26)/t19-/m0/s1. The van der Waals surface area contributed by atoms with Gasteiger partial charge in [0, 0.05) is 5.69 Å². The lowest BCUT2D eigenvalue weighted by atomic mass is 9.92. The van der Waals surface area contributed by atoms with Crippen LogP contribution in [0.4, 0.5) is 14.9 Å². The number of hydrogen-bond acceptors (Lipinski definition) is 4. The molecule has 2 aromatic carbocycles. The second-order valence-electron chi connectivity index (χ2n) is 6.23. The molecule has 3 rings (SSSR count). The van der Waals surface area contributed by atoms with E-state index in [1.165, 1.54) is 25.3 Å². The quantitative estimate of drug-likeness (QED) is 0.789. The van der Waals surface area contributed by atoms with E-state index in [0.29, 0.717) is 11.3 Å². The molecule has 1 aliphatic heterocycles. The van der Waals surface area contributed by atoms with E-state index in [9.17, 15) is 18.8 Å². The van der Waals surface area contributed by atoms with Crippen LogP contribution in [-0.4, -0.2) is 36.4 Å². The fraction of sp³-hybridized carbons (Fsp3) is 0.211. The molecule has 27 heavy (non-hydrogen) atoms. The lowest BCUT2D eigenvalue weighted by Crippen LogP contribution is -2.42. The Balaban J connectivity index is 1.74. The van der Waals surface area contributed by atoms with Crippen LogP contribution in [0.1, 0.15) is 12.5 Å². The van der Waals surface area contributed by atoms with Crippen molar-refractivity contribution in [3.8, 4) is 5.75 Å². The fourth-order valence-electron chi connectivity index (χ4n) is 2.87. The number of urea groups is 1. The SMILES string of the molecule is COc1ccc([C@]2(C)NC(=O)N(CC(=O)Nc3cccc(F)c3)C2=O)cc1. The predicted octanol–water partition coefficient (Wildman–Crippen LogP) is 2.24. The molecule has 7 nitrogen and oxygen atoms in total. The third-order valence-corrected chi connectivity index (χ3v) is 4.35. The summed E-state index contributed by atoms with van der Waals surface area (Å²) in [5.74, 6) is -1.05. The van der Waals surface area contributed by atoms with Crippen LogP contribution in [0.3, 0.4) is 0 Å². The number of carbonyl (C=O) groups is 3. The normalized spacial score (nSPS) is 19.0. The van der Waals surface area contributed by atoms with Crippen LogP contribution in [0.15, 0.2) is 48.5 Å². The minimum absolute atomic E-state index is 0.241. The molecule has 0 saturated carbocycles. The van der Waals surface area contributed by atoms with Gasteiger partial charge in [-0.05, 0) is 42.8 Å². The number of methoxy groups -OCH3 is 1. The minimum Gasteiger partial charge on any atom is -0.497 e. The summed E-state index contributed by atoms with van der Waals surface area (Å²) in [6.07, 6.45) is 0. The molecule has 0 radical (unpaired) electrons. The molecule has 1 saturated heterocycles. The highest BCUT2D eigenvalue weighted by molar-refractivity contribution is 6.10. The summed E-state index contributed by atoms with van der Waals surface area (Å²) in [5.41, 5.74) is -0.484. The maximum atomic E-state index is 13.2. The van der Waals surface area contributed by atoms with Crippen molar-refractivity contribution in [3.63, 3.8) is 0 Å². The van der Waals surface area contributed by atoms with Crippen molar-refractivity contribution < 1.29 is 23.5 Å². The lowest BCUT2D eigenvalue weighted by molar-refractivity contribution is -0.133. The van der Waals surface area contributed by atoms with Crippen molar-refractivity contribution in [2.75, 3.05) is 19.0 Å². The number of imide groups is 1. The number of anilines is 1. The van der Waals surface area contributed by atoms with Crippen molar-refractivity contribution in [2.24, 2.45) is 0 Å². The van der Waals surface area contributed by atoms with E-state index in [0.717, 1.165) is 11.0 Å². The van der Waals surface area contributed by atoms with Crippen LogP contribution in [-0.2, 0) is 15.1 Å². The van der Waals surface area contributed by atoms with E-state index >= 15 is 0 Å². The molecule has 4 amide bonds. The molecule has 1 atom stereocenters. The smallest absolute Gasteiger partial charge is 0.325 e. The predicted molar refractivity (Wildman–Crippen MR) is 95.6 cm³/mol. The van der Waals surface area contributed by atoms with Crippen LogP contribution in [0.25, 0.3) is 0 Å². The molecule has 1 heterocycles. The number of rotatable bonds is 5. The fourth-order valence-corrected chi connectivity index (χ4v) is 2.87. The van der Waals surface area contributed by atoms with Crippen molar-refractivity contribution in [2.45, 2.75) is 12.5 Å². The molecule has 1 fully saturated rings. The molecule has 0 unspecified atom stereocenters. The highest BCUT2D eigenvalue weighted by atomic mass is 19.1. The summed E-state index contributed by atoms with van der Waals surface area (Å²) in [5, 5.41) is 5.08. The second kappa shape index (κ2) is 7.06. The van der Waals surface area contributed by atoms with E-state index in [-0.39, 0.29) is 5.69 Å². The Morgan fingerprint density at radius 3 is 2.56 bits per heavy atom. The van der Waals surface area contributed by atoms with Crippen LogP contribution in [0.5, 0.6) is 5.75 Å². The van der Waals surface area contributed by atoms with Gasteiger partial charge in [-0.25, -0.2) is 9.18 Å². The summed E-state index contributed by atoms with van der Waals surface area (Å²) < 4.78 is 18.3. The minimum atomic E-state index is -1.29. The van der Waals surface area contributed by atoms with E-state index in [1.54, 1.807) is 31.2 Å². The number of carbonyl (C=O) groups excluding carboxylic acids is 3. The zero-order valence-corrected chi connectivity index (χ0v) is 14.8. The van der Waals surface area contributed by atoms with E-state index < -0.39 is 35.7 Å².